The number of nitrogens with one attached hydrogen (secondary N) is 2. The summed E-state index contributed by atoms with van der Waals surface area (Å²) in [6.07, 6.45) is 6.17. The van der Waals surface area contributed by atoms with E-state index < -0.39 is 11.8 Å². The van der Waals surface area contributed by atoms with E-state index in [1.807, 2.05) is 32.0 Å². The van der Waals surface area contributed by atoms with Gasteiger partial charge in [-0.05, 0) is 86.8 Å². The molecule has 4 bridgehead atoms. The van der Waals surface area contributed by atoms with Crippen molar-refractivity contribution in [3.63, 3.8) is 0 Å². The van der Waals surface area contributed by atoms with Crippen molar-refractivity contribution in [3.05, 3.63) is 29.3 Å². The fourth-order valence-corrected chi connectivity index (χ4v) is 6.02. The second-order valence-electron chi connectivity index (χ2n) is 8.92. The molecule has 0 unspecified atom stereocenters. The number of hydrogen-bond acceptors (Lipinski definition) is 3. The summed E-state index contributed by atoms with van der Waals surface area (Å²) in [4.78, 5) is 24.8. The molecule has 4 aliphatic carbocycles. The second-order valence-corrected chi connectivity index (χ2v) is 8.92. The molecule has 0 spiro atoms. The van der Waals surface area contributed by atoms with Crippen LogP contribution < -0.4 is 10.6 Å². The number of carbonyl (C=O) groups is 2. The third-order valence-electron chi connectivity index (χ3n) is 7.27. The van der Waals surface area contributed by atoms with Crippen LogP contribution in [0.4, 0.5) is 5.69 Å². The smallest absolute Gasteiger partial charge is 0.313 e. The van der Waals surface area contributed by atoms with Gasteiger partial charge in [0.15, 0.2) is 0 Å². The van der Waals surface area contributed by atoms with Crippen molar-refractivity contribution < 1.29 is 14.3 Å². The molecule has 4 saturated carbocycles. The maximum atomic E-state index is 12.5. The number of rotatable bonds is 4. The van der Waals surface area contributed by atoms with Gasteiger partial charge in [0.25, 0.3) is 0 Å². The van der Waals surface area contributed by atoms with Crippen LogP contribution in [0.5, 0.6) is 0 Å². The van der Waals surface area contributed by atoms with E-state index in [1.54, 1.807) is 7.11 Å². The van der Waals surface area contributed by atoms with Gasteiger partial charge in [-0.1, -0.05) is 12.1 Å². The predicted molar refractivity (Wildman–Crippen MR) is 104 cm³/mol. The molecule has 0 heterocycles. The summed E-state index contributed by atoms with van der Waals surface area (Å²) in [7, 11) is 1.77. The molecule has 27 heavy (non-hydrogen) atoms. The molecule has 4 fully saturated rings. The minimum atomic E-state index is -0.612. The summed E-state index contributed by atoms with van der Waals surface area (Å²) in [5.74, 6) is 1.47. The minimum absolute atomic E-state index is 0.303. The van der Waals surface area contributed by atoms with Crippen LogP contribution in [0.25, 0.3) is 0 Å². The van der Waals surface area contributed by atoms with Gasteiger partial charge in [-0.3, -0.25) is 9.59 Å². The van der Waals surface area contributed by atoms with Crippen molar-refractivity contribution >= 4 is 17.5 Å². The predicted octanol–water partition coefficient (Wildman–Crippen LogP) is 3.20. The fraction of sp³-hybridized carbons (Fsp3) is 0.636. The second kappa shape index (κ2) is 6.93. The third kappa shape index (κ3) is 3.27. The van der Waals surface area contributed by atoms with Gasteiger partial charge in [0, 0.05) is 19.3 Å². The van der Waals surface area contributed by atoms with E-state index in [0.29, 0.717) is 24.1 Å². The molecule has 4 aliphatic rings. The van der Waals surface area contributed by atoms with Gasteiger partial charge in [-0.25, -0.2) is 0 Å². The van der Waals surface area contributed by atoms with Crippen LogP contribution in [0, 0.1) is 37.5 Å². The lowest BCUT2D eigenvalue weighted by Gasteiger charge is -2.60. The number of benzene rings is 1. The Labute approximate surface area is 161 Å². The first-order valence-electron chi connectivity index (χ1n) is 10.1. The highest BCUT2D eigenvalue weighted by Gasteiger charge is 2.57. The van der Waals surface area contributed by atoms with Gasteiger partial charge >= 0.3 is 11.8 Å². The average Bonchev–Trinajstić information content (AvgIpc) is 2.64. The maximum absolute atomic E-state index is 12.5. The average molecular weight is 370 g/mol. The first-order chi connectivity index (χ1) is 12.9. The molecule has 1 aromatic rings. The van der Waals surface area contributed by atoms with E-state index in [4.69, 9.17) is 4.74 Å². The summed E-state index contributed by atoms with van der Waals surface area (Å²) in [6.45, 7) is 4.31. The van der Waals surface area contributed by atoms with Gasteiger partial charge in [0.2, 0.25) is 0 Å². The lowest BCUT2D eigenvalue weighted by Crippen LogP contribution is -2.63. The molecule has 0 saturated heterocycles. The quantitative estimate of drug-likeness (QED) is 0.800. The zero-order chi connectivity index (χ0) is 19.2. The van der Waals surface area contributed by atoms with Gasteiger partial charge in [-0.15, -0.1) is 0 Å². The molecule has 5 rings (SSSR count). The number of anilines is 1. The Hall–Kier alpha value is -1.88. The Balaban J connectivity index is 1.41. The SMILES string of the molecule is COC1(CNC(=O)C(=O)Nc2cc(C)ccc2C)C2CC3CC(C2)CC1C3. The van der Waals surface area contributed by atoms with E-state index in [2.05, 4.69) is 10.6 Å². The Kier molecular flexibility index (Phi) is 4.75. The summed E-state index contributed by atoms with van der Waals surface area (Å²) >= 11 is 0. The summed E-state index contributed by atoms with van der Waals surface area (Å²) in [5.41, 5.74) is 2.37. The van der Waals surface area contributed by atoms with Crippen LogP contribution >= 0.6 is 0 Å². The zero-order valence-electron chi connectivity index (χ0n) is 16.5. The monoisotopic (exact) mass is 370 g/mol. The summed E-state index contributed by atoms with van der Waals surface area (Å²) in [6, 6.07) is 5.81. The fourth-order valence-electron chi connectivity index (χ4n) is 6.02. The van der Waals surface area contributed by atoms with E-state index in [9.17, 15) is 9.59 Å². The van der Waals surface area contributed by atoms with Crippen LogP contribution in [0.1, 0.15) is 43.2 Å². The Bertz CT molecular complexity index is 730. The maximum Gasteiger partial charge on any atom is 0.313 e. The molecule has 5 nitrogen and oxygen atoms in total. The topological polar surface area (TPSA) is 67.4 Å². The third-order valence-corrected chi connectivity index (χ3v) is 7.27. The van der Waals surface area contributed by atoms with E-state index >= 15 is 0 Å². The molecule has 0 radical (unpaired) electrons. The number of carbonyl (C=O) groups excluding carboxylic acids is 2. The van der Waals surface area contributed by atoms with Crippen LogP contribution in [0.3, 0.4) is 0 Å². The molecule has 1 aromatic carbocycles. The van der Waals surface area contributed by atoms with E-state index in [0.717, 1.165) is 23.0 Å². The first kappa shape index (κ1) is 18.5. The Morgan fingerprint density at radius 2 is 1.67 bits per heavy atom. The number of methoxy groups -OCH3 is 1. The van der Waals surface area contributed by atoms with Gasteiger partial charge in [0.05, 0.1) is 5.60 Å². The lowest BCUT2D eigenvalue weighted by atomic mass is 9.49. The van der Waals surface area contributed by atoms with Crippen LogP contribution in [-0.4, -0.2) is 31.1 Å². The number of amides is 2. The molecule has 2 amide bonds. The largest absolute Gasteiger partial charge is 0.376 e. The Morgan fingerprint density at radius 3 is 2.26 bits per heavy atom. The van der Waals surface area contributed by atoms with Crippen LogP contribution in [-0.2, 0) is 14.3 Å². The highest BCUT2D eigenvalue weighted by atomic mass is 16.5. The first-order valence-corrected chi connectivity index (χ1v) is 10.1. The number of ether oxygens (including phenoxy) is 1. The molecular weight excluding hydrogens is 340 g/mol. The van der Waals surface area contributed by atoms with E-state index in [1.165, 1.54) is 32.1 Å². The van der Waals surface area contributed by atoms with Crippen molar-refractivity contribution in [1.29, 1.82) is 0 Å². The highest BCUT2D eigenvalue weighted by molar-refractivity contribution is 6.39. The Morgan fingerprint density at radius 1 is 1.04 bits per heavy atom. The molecule has 0 aliphatic heterocycles. The molecule has 0 atom stereocenters. The molecule has 0 aromatic heterocycles. The van der Waals surface area contributed by atoms with Crippen LogP contribution in [0.2, 0.25) is 0 Å². The van der Waals surface area contributed by atoms with E-state index in [-0.39, 0.29) is 5.60 Å². The van der Waals surface area contributed by atoms with Crippen molar-refractivity contribution in [2.45, 2.75) is 51.6 Å². The molecule has 146 valence electrons. The molecular formula is C22H30N2O3. The minimum Gasteiger partial charge on any atom is -0.376 e. The van der Waals surface area contributed by atoms with Crippen molar-refractivity contribution in [1.82, 2.24) is 5.32 Å². The van der Waals surface area contributed by atoms with Crippen molar-refractivity contribution in [2.24, 2.45) is 23.7 Å². The number of aryl methyl sites for hydroxylation is 2. The van der Waals surface area contributed by atoms with Crippen LogP contribution in [0.15, 0.2) is 18.2 Å². The molecule has 5 heteroatoms. The lowest BCUT2D eigenvalue weighted by molar-refractivity contribution is -0.188. The standard InChI is InChI=1S/C22H30N2O3/c1-13-4-5-14(2)19(6-13)24-21(26)20(25)23-12-22(27-3)17-8-15-7-16(10-17)11-18(22)9-15/h4-6,15-18H,7-12H2,1-3H3,(H,23,25)(H,24,26). The summed E-state index contributed by atoms with van der Waals surface area (Å²) in [5, 5.41) is 5.62. The van der Waals surface area contributed by atoms with Crippen molar-refractivity contribution in [2.75, 3.05) is 19.0 Å². The highest BCUT2D eigenvalue weighted by Crippen LogP contribution is 2.59. The summed E-state index contributed by atoms with van der Waals surface area (Å²) < 4.78 is 6.05. The zero-order valence-corrected chi connectivity index (χ0v) is 16.5. The van der Waals surface area contributed by atoms with Gasteiger partial charge in [-0.2, -0.15) is 0 Å². The normalized spacial score (nSPS) is 33.7. The number of hydrogen-bond donors (Lipinski definition) is 2. The van der Waals surface area contributed by atoms with Gasteiger partial charge < -0.3 is 15.4 Å². The molecule has 2 N–H and O–H groups in total. The van der Waals surface area contributed by atoms with Gasteiger partial charge in [0.1, 0.15) is 0 Å². The van der Waals surface area contributed by atoms with Crippen molar-refractivity contribution in [3.8, 4) is 0 Å².